The first-order valence-corrected chi connectivity index (χ1v) is 10.00. The van der Waals surface area contributed by atoms with Crippen molar-refractivity contribution < 1.29 is 4.74 Å². The van der Waals surface area contributed by atoms with E-state index in [1.54, 1.807) is 18.4 Å². The van der Waals surface area contributed by atoms with Crippen LogP contribution in [-0.2, 0) is 17.8 Å². The van der Waals surface area contributed by atoms with Gasteiger partial charge in [-0.1, -0.05) is 30.3 Å². The Morgan fingerprint density at radius 1 is 1.12 bits per heavy atom. The molecule has 1 heterocycles. The van der Waals surface area contributed by atoms with Crippen LogP contribution in [0, 0.1) is 13.8 Å². The van der Waals surface area contributed by atoms with Gasteiger partial charge in [-0.25, -0.2) is 4.98 Å². The maximum atomic E-state index is 5.70. The first-order valence-electron chi connectivity index (χ1n) is 9.18. The van der Waals surface area contributed by atoms with Crippen molar-refractivity contribution in [2.45, 2.75) is 39.7 Å². The zero-order valence-corrected chi connectivity index (χ0v) is 16.9. The molecule has 2 rings (SSSR count). The van der Waals surface area contributed by atoms with Crippen LogP contribution >= 0.6 is 11.3 Å². The summed E-state index contributed by atoms with van der Waals surface area (Å²) in [5, 5.41) is 7.87. The average Bonchev–Trinajstić information content (AvgIpc) is 2.98. The molecule has 142 valence electrons. The van der Waals surface area contributed by atoms with Gasteiger partial charge >= 0.3 is 0 Å². The van der Waals surface area contributed by atoms with Gasteiger partial charge < -0.3 is 15.4 Å². The highest BCUT2D eigenvalue weighted by atomic mass is 32.1. The van der Waals surface area contributed by atoms with Crippen LogP contribution in [0.15, 0.2) is 35.3 Å². The average molecular weight is 375 g/mol. The van der Waals surface area contributed by atoms with Crippen LogP contribution < -0.4 is 10.6 Å². The van der Waals surface area contributed by atoms with E-state index in [4.69, 9.17) is 4.74 Å². The van der Waals surface area contributed by atoms with Crippen LogP contribution in [-0.4, -0.2) is 37.7 Å². The zero-order valence-electron chi connectivity index (χ0n) is 16.0. The Bertz CT molecular complexity index is 650. The van der Waals surface area contributed by atoms with E-state index >= 15 is 0 Å². The first-order chi connectivity index (χ1) is 12.7. The lowest BCUT2D eigenvalue weighted by Gasteiger charge is -2.11. The molecule has 0 atom stereocenters. The minimum Gasteiger partial charge on any atom is -0.377 e. The normalized spacial score (nSPS) is 11.6. The molecule has 1 aromatic carbocycles. The molecule has 0 aliphatic rings. The van der Waals surface area contributed by atoms with E-state index in [2.05, 4.69) is 46.6 Å². The first kappa shape index (κ1) is 20.4. The number of aryl methyl sites for hydroxylation is 2. The van der Waals surface area contributed by atoms with Crippen LogP contribution in [0.2, 0.25) is 0 Å². The van der Waals surface area contributed by atoms with Crippen molar-refractivity contribution in [1.82, 2.24) is 15.6 Å². The molecule has 0 saturated carbocycles. The monoisotopic (exact) mass is 374 g/mol. The number of guanidine groups is 1. The number of nitrogens with one attached hydrogen (secondary N) is 2. The third-order valence-corrected chi connectivity index (χ3v) is 5.18. The number of aliphatic imine (C=N–C) groups is 1. The SMILES string of the molecule is CN=C(NCCCCOCc1ccccc1)NCCc1nc(C)c(C)s1. The van der Waals surface area contributed by atoms with Crippen molar-refractivity contribution in [2.24, 2.45) is 4.99 Å². The number of unbranched alkanes of at least 4 members (excludes halogenated alkanes) is 1. The predicted octanol–water partition coefficient (Wildman–Crippen LogP) is 3.46. The summed E-state index contributed by atoms with van der Waals surface area (Å²) in [6.45, 7) is 7.38. The van der Waals surface area contributed by atoms with E-state index < -0.39 is 0 Å². The summed E-state index contributed by atoms with van der Waals surface area (Å²) in [6, 6.07) is 10.3. The summed E-state index contributed by atoms with van der Waals surface area (Å²) in [5.41, 5.74) is 2.36. The maximum absolute atomic E-state index is 5.70. The fourth-order valence-electron chi connectivity index (χ4n) is 2.45. The molecule has 6 heteroatoms. The van der Waals surface area contributed by atoms with Crippen LogP contribution in [0.25, 0.3) is 0 Å². The quantitative estimate of drug-likeness (QED) is 0.380. The van der Waals surface area contributed by atoms with Crippen LogP contribution in [0.4, 0.5) is 0 Å². The molecule has 26 heavy (non-hydrogen) atoms. The molecule has 0 aliphatic heterocycles. The minimum absolute atomic E-state index is 0.688. The molecule has 1 aromatic heterocycles. The van der Waals surface area contributed by atoms with Gasteiger partial charge in [0.1, 0.15) is 0 Å². The predicted molar refractivity (Wildman–Crippen MR) is 110 cm³/mol. The molecule has 0 aliphatic carbocycles. The Hall–Kier alpha value is -1.92. The minimum atomic E-state index is 0.688. The number of hydrogen-bond donors (Lipinski definition) is 2. The second-order valence-electron chi connectivity index (χ2n) is 6.17. The molecule has 0 unspecified atom stereocenters. The van der Waals surface area contributed by atoms with Gasteiger partial charge in [0.25, 0.3) is 0 Å². The van der Waals surface area contributed by atoms with E-state index in [0.29, 0.717) is 6.61 Å². The molecule has 2 N–H and O–H groups in total. The molecule has 0 bridgehead atoms. The summed E-state index contributed by atoms with van der Waals surface area (Å²) in [6.07, 6.45) is 3.02. The fourth-order valence-corrected chi connectivity index (χ4v) is 3.39. The van der Waals surface area contributed by atoms with Gasteiger partial charge in [-0.2, -0.15) is 0 Å². The van der Waals surface area contributed by atoms with Gasteiger partial charge in [0.15, 0.2) is 5.96 Å². The highest BCUT2D eigenvalue weighted by Gasteiger charge is 2.04. The van der Waals surface area contributed by atoms with E-state index in [1.807, 2.05) is 18.2 Å². The molecule has 2 aromatic rings. The molecular weight excluding hydrogens is 344 g/mol. The lowest BCUT2D eigenvalue weighted by Crippen LogP contribution is -2.38. The van der Waals surface area contributed by atoms with E-state index in [9.17, 15) is 0 Å². The van der Waals surface area contributed by atoms with Gasteiger partial charge in [0.05, 0.1) is 17.3 Å². The van der Waals surface area contributed by atoms with Crippen molar-refractivity contribution in [2.75, 3.05) is 26.7 Å². The Morgan fingerprint density at radius 2 is 1.88 bits per heavy atom. The van der Waals surface area contributed by atoms with Crippen molar-refractivity contribution in [3.63, 3.8) is 0 Å². The van der Waals surface area contributed by atoms with Gasteiger partial charge in [-0.3, -0.25) is 4.99 Å². The lowest BCUT2D eigenvalue weighted by atomic mass is 10.2. The van der Waals surface area contributed by atoms with Crippen LogP contribution in [0.1, 0.15) is 34.0 Å². The van der Waals surface area contributed by atoms with Crippen molar-refractivity contribution in [1.29, 1.82) is 0 Å². The molecule has 0 saturated heterocycles. The van der Waals surface area contributed by atoms with Gasteiger partial charge in [-0.15, -0.1) is 11.3 Å². The second kappa shape index (κ2) is 11.6. The standard InChI is InChI=1S/C20H30N4OS/c1-16-17(2)26-19(24-16)11-13-23-20(21-3)22-12-7-8-14-25-15-18-9-5-4-6-10-18/h4-6,9-10H,7-8,11-15H2,1-3H3,(H2,21,22,23). The number of ether oxygens (including phenoxy) is 1. The summed E-state index contributed by atoms with van der Waals surface area (Å²) < 4.78 is 5.70. The number of thiazole rings is 1. The maximum Gasteiger partial charge on any atom is 0.190 e. The van der Waals surface area contributed by atoms with Gasteiger partial charge in [0, 0.05) is 38.0 Å². The molecule has 0 radical (unpaired) electrons. The van der Waals surface area contributed by atoms with Crippen LogP contribution in [0.3, 0.4) is 0 Å². The Labute approximate surface area is 160 Å². The summed E-state index contributed by atoms with van der Waals surface area (Å²) in [4.78, 5) is 10.1. The Kier molecular flexibility index (Phi) is 9.14. The summed E-state index contributed by atoms with van der Waals surface area (Å²) in [7, 11) is 1.80. The lowest BCUT2D eigenvalue weighted by molar-refractivity contribution is 0.117. The van der Waals surface area contributed by atoms with Crippen LogP contribution in [0.5, 0.6) is 0 Å². The zero-order chi connectivity index (χ0) is 18.6. The van der Waals surface area contributed by atoms with Crippen molar-refractivity contribution in [3.8, 4) is 0 Å². The van der Waals surface area contributed by atoms with Gasteiger partial charge in [-0.05, 0) is 32.3 Å². The number of benzene rings is 1. The topological polar surface area (TPSA) is 58.5 Å². The fraction of sp³-hybridized carbons (Fsp3) is 0.500. The highest BCUT2D eigenvalue weighted by molar-refractivity contribution is 7.11. The van der Waals surface area contributed by atoms with E-state index in [1.165, 1.54) is 15.4 Å². The smallest absolute Gasteiger partial charge is 0.190 e. The van der Waals surface area contributed by atoms with Crippen molar-refractivity contribution in [3.05, 3.63) is 51.5 Å². The van der Waals surface area contributed by atoms with Gasteiger partial charge in [0.2, 0.25) is 0 Å². The molecule has 0 fully saturated rings. The number of rotatable bonds is 10. The Balaban J connectivity index is 1.50. The summed E-state index contributed by atoms with van der Waals surface area (Å²) >= 11 is 1.78. The second-order valence-corrected chi connectivity index (χ2v) is 7.46. The molecular formula is C20H30N4OS. The number of hydrogen-bond acceptors (Lipinski definition) is 4. The third kappa shape index (κ3) is 7.54. The summed E-state index contributed by atoms with van der Waals surface area (Å²) in [5.74, 6) is 0.847. The highest BCUT2D eigenvalue weighted by Crippen LogP contribution is 2.16. The van der Waals surface area contributed by atoms with E-state index in [0.717, 1.165) is 50.6 Å². The molecule has 5 nitrogen and oxygen atoms in total. The van der Waals surface area contributed by atoms with E-state index in [-0.39, 0.29) is 0 Å². The number of aromatic nitrogens is 1. The Morgan fingerprint density at radius 3 is 2.58 bits per heavy atom. The number of nitrogens with zero attached hydrogens (tertiary/aromatic N) is 2. The van der Waals surface area contributed by atoms with Crippen molar-refractivity contribution >= 4 is 17.3 Å². The molecule has 0 spiro atoms. The largest absolute Gasteiger partial charge is 0.377 e. The third-order valence-electron chi connectivity index (χ3n) is 4.05. The molecule has 0 amide bonds.